The molecule has 0 saturated carbocycles. The van der Waals surface area contributed by atoms with Crippen molar-refractivity contribution < 1.29 is 14.7 Å². The first-order chi connectivity index (χ1) is 10.0. The summed E-state index contributed by atoms with van der Waals surface area (Å²) < 4.78 is 0. The van der Waals surface area contributed by atoms with Crippen LogP contribution in [0.5, 0.6) is 0 Å². The summed E-state index contributed by atoms with van der Waals surface area (Å²) in [5.74, 6) is -1.51. The van der Waals surface area contributed by atoms with Gasteiger partial charge in [-0.1, -0.05) is 25.1 Å². The summed E-state index contributed by atoms with van der Waals surface area (Å²) in [6.45, 7) is 1.78. The number of carboxylic acid groups (broad SMARTS) is 1. The third-order valence-corrected chi connectivity index (χ3v) is 3.49. The van der Waals surface area contributed by atoms with Crippen LogP contribution < -0.4 is 11.1 Å². The Kier molecular flexibility index (Phi) is 4.59. The summed E-state index contributed by atoms with van der Waals surface area (Å²) in [5.41, 5.74) is 7.41. The molecule has 6 nitrogen and oxygen atoms in total. The lowest BCUT2D eigenvalue weighted by molar-refractivity contribution is -0.142. The highest BCUT2D eigenvalue weighted by atomic mass is 16.4. The van der Waals surface area contributed by atoms with E-state index in [0.29, 0.717) is 6.42 Å². The van der Waals surface area contributed by atoms with Gasteiger partial charge in [0.15, 0.2) is 0 Å². The molecule has 112 valence electrons. The number of aliphatic carboxylic acids is 1. The molecule has 1 heterocycles. The van der Waals surface area contributed by atoms with Crippen LogP contribution in [0.25, 0.3) is 10.9 Å². The van der Waals surface area contributed by atoms with Crippen molar-refractivity contribution in [2.24, 2.45) is 5.73 Å². The number of fused-ring (bicyclic) bond motifs is 1. The van der Waals surface area contributed by atoms with Crippen LogP contribution in [-0.2, 0) is 16.0 Å². The normalized spacial score (nSPS) is 13.8. The van der Waals surface area contributed by atoms with Crippen LogP contribution in [0, 0.1) is 0 Å². The summed E-state index contributed by atoms with van der Waals surface area (Å²) in [7, 11) is 0. The van der Waals surface area contributed by atoms with E-state index in [1.165, 1.54) is 0 Å². The van der Waals surface area contributed by atoms with E-state index in [2.05, 4.69) is 10.3 Å². The quantitative estimate of drug-likeness (QED) is 0.636. The molecule has 0 aliphatic rings. The summed E-state index contributed by atoms with van der Waals surface area (Å²) >= 11 is 0. The number of benzene rings is 1. The molecule has 21 heavy (non-hydrogen) atoms. The zero-order valence-electron chi connectivity index (χ0n) is 11.8. The maximum Gasteiger partial charge on any atom is 0.326 e. The molecule has 0 unspecified atom stereocenters. The number of H-pyrrole nitrogens is 1. The Morgan fingerprint density at radius 3 is 2.76 bits per heavy atom. The lowest BCUT2D eigenvalue weighted by atomic mass is 10.0. The van der Waals surface area contributed by atoms with E-state index in [0.717, 1.165) is 16.5 Å². The number of aromatic amines is 1. The Balaban J connectivity index is 2.17. The second kappa shape index (κ2) is 6.41. The van der Waals surface area contributed by atoms with Crippen LogP contribution in [0.3, 0.4) is 0 Å². The number of nitrogens with two attached hydrogens (primary N) is 1. The molecule has 1 amide bonds. The third-order valence-electron chi connectivity index (χ3n) is 3.49. The maximum absolute atomic E-state index is 11.8. The molecule has 0 saturated heterocycles. The smallest absolute Gasteiger partial charge is 0.326 e. The zero-order chi connectivity index (χ0) is 15.4. The van der Waals surface area contributed by atoms with Gasteiger partial charge in [0.1, 0.15) is 6.04 Å². The average Bonchev–Trinajstić information content (AvgIpc) is 2.88. The van der Waals surface area contributed by atoms with Gasteiger partial charge in [0, 0.05) is 23.5 Å². The van der Waals surface area contributed by atoms with E-state index in [-0.39, 0.29) is 6.42 Å². The number of nitrogens with one attached hydrogen (secondary N) is 2. The predicted molar refractivity (Wildman–Crippen MR) is 79.8 cm³/mol. The van der Waals surface area contributed by atoms with E-state index >= 15 is 0 Å². The highest BCUT2D eigenvalue weighted by molar-refractivity contribution is 5.88. The van der Waals surface area contributed by atoms with Crippen LogP contribution in [0.2, 0.25) is 0 Å². The topological polar surface area (TPSA) is 108 Å². The Hall–Kier alpha value is -2.34. The second-order valence-electron chi connectivity index (χ2n) is 4.98. The summed E-state index contributed by atoms with van der Waals surface area (Å²) in [5, 5.41) is 12.7. The number of carbonyl (C=O) groups excluding carboxylic acids is 1. The number of aromatic nitrogens is 1. The number of amides is 1. The first-order valence-electron chi connectivity index (χ1n) is 6.86. The van der Waals surface area contributed by atoms with Crippen LogP contribution in [0.1, 0.15) is 18.9 Å². The van der Waals surface area contributed by atoms with E-state index in [1.807, 2.05) is 24.3 Å². The van der Waals surface area contributed by atoms with Gasteiger partial charge < -0.3 is 21.1 Å². The van der Waals surface area contributed by atoms with Gasteiger partial charge in [-0.25, -0.2) is 4.79 Å². The van der Waals surface area contributed by atoms with Gasteiger partial charge in [-0.3, -0.25) is 4.79 Å². The van der Waals surface area contributed by atoms with Gasteiger partial charge in [-0.2, -0.15) is 0 Å². The van der Waals surface area contributed by atoms with Crippen molar-refractivity contribution in [2.45, 2.75) is 31.8 Å². The highest BCUT2D eigenvalue weighted by Crippen LogP contribution is 2.19. The minimum Gasteiger partial charge on any atom is -0.480 e. The van der Waals surface area contributed by atoms with Crippen LogP contribution in [0.15, 0.2) is 30.5 Å². The first-order valence-corrected chi connectivity index (χ1v) is 6.86. The predicted octanol–water partition coefficient (Wildman–Crippen LogP) is 1.02. The van der Waals surface area contributed by atoms with Gasteiger partial charge in [-0.15, -0.1) is 0 Å². The van der Waals surface area contributed by atoms with Gasteiger partial charge >= 0.3 is 5.97 Å². The largest absolute Gasteiger partial charge is 0.480 e. The zero-order valence-corrected chi connectivity index (χ0v) is 11.8. The van der Waals surface area contributed by atoms with Crippen molar-refractivity contribution in [3.05, 3.63) is 36.0 Å². The molecular weight excluding hydrogens is 270 g/mol. The van der Waals surface area contributed by atoms with Crippen LogP contribution in [-0.4, -0.2) is 34.1 Å². The SMILES string of the molecule is CC[C@@H](N)C(=O)N[C@H](Cc1c[nH]c2ccccc12)C(=O)O. The van der Waals surface area contributed by atoms with Crippen molar-refractivity contribution in [2.75, 3.05) is 0 Å². The molecule has 1 aromatic carbocycles. The first kappa shape index (κ1) is 15.1. The monoisotopic (exact) mass is 289 g/mol. The van der Waals surface area contributed by atoms with Gasteiger partial charge in [0.25, 0.3) is 0 Å². The fourth-order valence-corrected chi connectivity index (χ4v) is 2.18. The maximum atomic E-state index is 11.8. The molecular formula is C15H19N3O3. The van der Waals surface area contributed by atoms with Crippen molar-refractivity contribution in [3.63, 3.8) is 0 Å². The number of carbonyl (C=O) groups is 2. The molecule has 0 fully saturated rings. The molecule has 1 aromatic heterocycles. The molecule has 2 rings (SSSR count). The van der Waals surface area contributed by atoms with Crippen LogP contribution in [0.4, 0.5) is 0 Å². The summed E-state index contributed by atoms with van der Waals surface area (Å²) in [4.78, 5) is 26.2. The van der Waals surface area contributed by atoms with Crippen molar-refractivity contribution in [3.8, 4) is 0 Å². The molecule has 0 bridgehead atoms. The second-order valence-corrected chi connectivity index (χ2v) is 4.98. The van der Waals surface area contributed by atoms with Crippen molar-refractivity contribution in [1.82, 2.24) is 10.3 Å². The van der Waals surface area contributed by atoms with E-state index in [1.54, 1.807) is 13.1 Å². The Morgan fingerprint density at radius 1 is 1.38 bits per heavy atom. The van der Waals surface area contributed by atoms with Crippen molar-refractivity contribution in [1.29, 1.82) is 0 Å². The number of carboxylic acids is 1. The fraction of sp³-hybridized carbons (Fsp3) is 0.333. The number of rotatable bonds is 6. The molecule has 0 spiro atoms. The lowest BCUT2D eigenvalue weighted by Crippen LogP contribution is -2.49. The van der Waals surface area contributed by atoms with Gasteiger partial charge in [-0.05, 0) is 18.1 Å². The molecule has 5 N–H and O–H groups in total. The molecule has 0 radical (unpaired) electrons. The average molecular weight is 289 g/mol. The highest BCUT2D eigenvalue weighted by Gasteiger charge is 2.23. The molecule has 6 heteroatoms. The minimum absolute atomic E-state index is 0.210. The number of para-hydroxylation sites is 1. The molecule has 2 atom stereocenters. The molecule has 0 aliphatic carbocycles. The Bertz CT molecular complexity index is 650. The lowest BCUT2D eigenvalue weighted by Gasteiger charge is -2.16. The van der Waals surface area contributed by atoms with E-state index in [9.17, 15) is 14.7 Å². The van der Waals surface area contributed by atoms with Crippen LogP contribution >= 0.6 is 0 Å². The standard InChI is InChI=1S/C15H19N3O3/c1-2-11(16)14(19)18-13(15(20)21)7-9-8-17-12-6-4-3-5-10(9)12/h3-6,8,11,13,17H,2,7,16H2,1H3,(H,18,19)(H,20,21)/t11-,13-/m1/s1. The minimum atomic E-state index is -1.07. The third kappa shape index (κ3) is 3.41. The fourth-order valence-electron chi connectivity index (χ4n) is 2.18. The molecule has 0 aliphatic heterocycles. The van der Waals surface area contributed by atoms with Crippen molar-refractivity contribution >= 4 is 22.8 Å². The summed E-state index contributed by atoms with van der Waals surface area (Å²) in [6.07, 6.45) is 2.44. The van der Waals surface area contributed by atoms with Gasteiger partial charge in [0.05, 0.1) is 6.04 Å². The number of hydrogen-bond donors (Lipinski definition) is 4. The Labute approximate surface area is 122 Å². The van der Waals surface area contributed by atoms with E-state index in [4.69, 9.17) is 5.73 Å². The molecule has 2 aromatic rings. The summed E-state index contributed by atoms with van der Waals surface area (Å²) in [6, 6.07) is 5.95. The number of hydrogen-bond acceptors (Lipinski definition) is 3. The van der Waals surface area contributed by atoms with E-state index < -0.39 is 24.0 Å². The Morgan fingerprint density at radius 2 is 2.10 bits per heavy atom. The van der Waals surface area contributed by atoms with Gasteiger partial charge in [0.2, 0.25) is 5.91 Å².